The number of hydrogen-bond acceptors (Lipinski definition) is 2. The van der Waals surface area contributed by atoms with Crippen molar-refractivity contribution in [3.05, 3.63) is 29.6 Å². The molecular weight excluding hydrogens is 245 g/mol. The van der Waals surface area contributed by atoms with Gasteiger partial charge in [0.1, 0.15) is 0 Å². The molecule has 1 aromatic heterocycles. The van der Waals surface area contributed by atoms with Gasteiger partial charge in [-0.2, -0.15) is 13.2 Å². The number of alkyl halides is 3. The molecule has 2 rings (SSSR count). The largest absolute Gasteiger partial charge is 0.416 e. The van der Waals surface area contributed by atoms with Crippen LogP contribution in [0.15, 0.2) is 18.2 Å². The molecule has 1 N–H and O–H groups in total. The Labute approximate surface area is 92.2 Å². The highest BCUT2D eigenvalue weighted by atomic mass is 35.5. The number of nitrogens with one attached hydrogen (secondary N) is 1. The molecule has 84 valence electrons. The van der Waals surface area contributed by atoms with Gasteiger partial charge < -0.3 is 4.98 Å². The summed E-state index contributed by atoms with van der Waals surface area (Å²) in [5.41, 5.74) is -0.434. The van der Waals surface area contributed by atoms with E-state index in [4.69, 9.17) is 11.6 Å². The van der Waals surface area contributed by atoms with Crippen molar-refractivity contribution in [1.29, 1.82) is 0 Å². The maximum Gasteiger partial charge on any atom is 0.416 e. The first kappa shape index (κ1) is 10.9. The van der Waals surface area contributed by atoms with Crippen LogP contribution in [0.25, 0.3) is 11.0 Å². The van der Waals surface area contributed by atoms with Crippen LogP contribution in [0, 0.1) is 0 Å². The van der Waals surface area contributed by atoms with Crippen molar-refractivity contribution in [2.45, 2.75) is 6.18 Å². The van der Waals surface area contributed by atoms with Gasteiger partial charge in [0.05, 0.1) is 16.6 Å². The minimum Gasteiger partial charge on any atom is -0.334 e. The summed E-state index contributed by atoms with van der Waals surface area (Å²) in [5.74, 6) is -0.170. The number of carbonyl (C=O) groups is 1. The molecule has 0 aliphatic carbocycles. The van der Waals surface area contributed by atoms with Crippen molar-refractivity contribution in [2.24, 2.45) is 0 Å². The highest BCUT2D eigenvalue weighted by Gasteiger charge is 2.30. The van der Waals surface area contributed by atoms with Gasteiger partial charge >= 0.3 is 6.18 Å². The van der Waals surface area contributed by atoms with Crippen molar-refractivity contribution < 1.29 is 18.0 Å². The number of aromatic nitrogens is 2. The molecule has 0 saturated heterocycles. The Hall–Kier alpha value is -1.56. The van der Waals surface area contributed by atoms with Crippen LogP contribution in [-0.2, 0) is 6.18 Å². The Balaban J connectivity index is 2.58. The van der Waals surface area contributed by atoms with E-state index in [0.717, 1.165) is 12.1 Å². The third kappa shape index (κ3) is 1.88. The van der Waals surface area contributed by atoms with Crippen LogP contribution in [0.2, 0.25) is 0 Å². The number of imidazole rings is 1. The third-order valence-corrected chi connectivity index (χ3v) is 2.18. The lowest BCUT2D eigenvalue weighted by Crippen LogP contribution is -2.04. The second kappa shape index (κ2) is 3.48. The predicted octanol–water partition coefficient (Wildman–Crippen LogP) is 2.96. The molecule has 3 nitrogen and oxygen atoms in total. The SMILES string of the molecule is O=C(Cl)c1nc2cc(C(F)(F)F)ccc2[nH]1. The fraction of sp³-hybridized carbons (Fsp3) is 0.111. The van der Waals surface area contributed by atoms with Gasteiger partial charge in [0.15, 0.2) is 5.82 Å². The molecular formula is C9H4ClF3N2O. The van der Waals surface area contributed by atoms with E-state index in [9.17, 15) is 18.0 Å². The summed E-state index contributed by atoms with van der Waals surface area (Å²) in [6, 6.07) is 2.96. The topological polar surface area (TPSA) is 45.8 Å². The molecule has 7 heteroatoms. The maximum atomic E-state index is 12.4. The van der Waals surface area contributed by atoms with E-state index in [-0.39, 0.29) is 11.3 Å². The van der Waals surface area contributed by atoms with E-state index < -0.39 is 17.0 Å². The normalized spacial score (nSPS) is 12.0. The number of halogens is 4. The molecule has 0 unspecified atom stereocenters. The number of aromatic amines is 1. The summed E-state index contributed by atoms with van der Waals surface area (Å²) in [4.78, 5) is 16.9. The fourth-order valence-electron chi connectivity index (χ4n) is 1.28. The van der Waals surface area contributed by atoms with E-state index in [1.54, 1.807) is 0 Å². The van der Waals surface area contributed by atoms with Gasteiger partial charge in [-0.3, -0.25) is 4.79 Å². The predicted molar refractivity (Wildman–Crippen MR) is 51.3 cm³/mol. The average molecular weight is 249 g/mol. The summed E-state index contributed by atoms with van der Waals surface area (Å²) in [6.45, 7) is 0. The summed E-state index contributed by atoms with van der Waals surface area (Å²) in [6.07, 6.45) is -4.43. The van der Waals surface area contributed by atoms with Gasteiger partial charge in [0, 0.05) is 0 Å². The molecule has 16 heavy (non-hydrogen) atoms. The van der Waals surface area contributed by atoms with Gasteiger partial charge in [-0.15, -0.1) is 0 Å². The molecule has 0 aliphatic heterocycles. The summed E-state index contributed by atoms with van der Waals surface area (Å²) in [5, 5.41) is -0.843. The number of H-pyrrole nitrogens is 1. The molecule has 0 amide bonds. The molecule has 0 saturated carbocycles. The van der Waals surface area contributed by atoms with Gasteiger partial charge in [0.25, 0.3) is 5.24 Å². The van der Waals surface area contributed by atoms with Crippen LogP contribution in [0.5, 0.6) is 0 Å². The molecule has 0 atom stereocenters. The Morgan fingerprint density at radius 1 is 1.38 bits per heavy atom. The monoisotopic (exact) mass is 248 g/mol. The van der Waals surface area contributed by atoms with E-state index >= 15 is 0 Å². The molecule has 0 aliphatic rings. The highest BCUT2D eigenvalue weighted by molar-refractivity contribution is 6.67. The third-order valence-electron chi connectivity index (χ3n) is 2.00. The summed E-state index contributed by atoms with van der Waals surface area (Å²) in [7, 11) is 0. The molecule has 0 spiro atoms. The van der Waals surface area contributed by atoms with Gasteiger partial charge in [0.2, 0.25) is 0 Å². The Kier molecular flexibility index (Phi) is 2.38. The van der Waals surface area contributed by atoms with Gasteiger partial charge in [-0.1, -0.05) is 0 Å². The fourth-order valence-corrected chi connectivity index (χ4v) is 1.36. The lowest BCUT2D eigenvalue weighted by Gasteiger charge is -2.04. The average Bonchev–Trinajstić information content (AvgIpc) is 2.58. The molecule has 0 bridgehead atoms. The molecule has 1 heterocycles. The minimum atomic E-state index is -4.43. The van der Waals surface area contributed by atoms with E-state index in [1.165, 1.54) is 6.07 Å². The van der Waals surface area contributed by atoms with Crippen molar-refractivity contribution >= 4 is 27.9 Å². The van der Waals surface area contributed by atoms with Crippen LogP contribution < -0.4 is 0 Å². The molecule has 2 aromatic rings. The number of fused-ring (bicyclic) bond motifs is 1. The number of hydrogen-bond donors (Lipinski definition) is 1. The van der Waals surface area contributed by atoms with Crippen LogP contribution >= 0.6 is 11.6 Å². The van der Waals surface area contributed by atoms with Gasteiger partial charge in [-0.25, -0.2) is 4.98 Å². The van der Waals surface area contributed by atoms with Crippen LogP contribution in [-0.4, -0.2) is 15.2 Å². The number of rotatable bonds is 1. The first-order chi connectivity index (χ1) is 7.38. The van der Waals surface area contributed by atoms with E-state index in [1.807, 2.05) is 0 Å². The zero-order valence-electron chi connectivity index (χ0n) is 7.60. The lowest BCUT2D eigenvalue weighted by molar-refractivity contribution is -0.137. The first-order valence-corrected chi connectivity index (χ1v) is 4.52. The zero-order chi connectivity index (χ0) is 11.9. The standard InChI is InChI=1S/C9H4ClF3N2O/c10-7(16)8-14-5-2-1-4(9(11,12)13)3-6(5)15-8/h1-3H,(H,14,15). The van der Waals surface area contributed by atoms with Crippen molar-refractivity contribution in [3.63, 3.8) is 0 Å². The van der Waals surface area contributed by atoms with Crippen molar-refractivity contribution in [3.8, 4) is 0 Å². The van der Waals surface area contributed by atoms with Crippen LogP contribution in [0.4, 0.5) is 13.2 Å². The summed E-state index contributed by atoms with van der Waals surface area (Å²) < 4.78 is 37.1. The van der Waals surface area contributed by atoms with Crippen LogP contribution in [0.3, 0.4) is 0 Å². The van der Waals surface area contributed by atoms with E-state index in [0.29, 0.717) is 5.52 Å². The number of carbonyl (C=O) groups excluding carboxylic acids is 1. The Morgan fingerprint density at radius 3 is 2.62 bits per heavy atom. The molecule has 1 aromatic carbocycles. The molecule has 0 radical (unpaired) electrons. The minimum absolute atomic E-state index is 0.0545. The maximum absolute atomic E-state index is 12.4. The first-order valence-electron chi connectivity index (χ1n) is 4.15. The van der Waals surface area contributed by atoms with Crippen LogP contribution in [0.1, 0.15) is 16.2 Å². The second-order valence-corrected chi connectivity index (χ2v) is 3.43. The van der Waals surface area contributed by atoms with Crippen molar-refractivity contribution in [2.75, 3.05) is 0 Å². The highest BCUT2D eigenvalue weighted by Crippen LogP contribution is 2.30. The van der Waals surface area contributed by atoms with E-state index in [2.05, 4.69) is 9.97 Å². The second-order valence-electron chi connectivity index (χ2n) is 3.09. The number of nitrogens with zero attached hydrogens (tertiary/aromatic N) is 1. The Bertz CT molecular complexity index is 561. The van der Waals surface area contributed by atoms with Crippen molar-refractivity contribution in [1.82, 2.24) is 9.97 Å². The smallest absolute Gasteiger partial charge is 0.334 e. The zero-order valence-corrected chi connectivity index (χ0v) is 8.36. The Morgan fingerprint density at radius 2 is 2.06 bits per heavy atom. The van der Waals surface area contributed by atoms with Gasteiger partial charge in [-0.05, 0) is 29.8 Å². The number of benzene rings is 1. The summed E-state index contributed by atoms with van der Waals surface area (Å²) >= 11 is 5.15. The lowest BCUT2D eigenvalue weighted by atomic mass is 10.2. The molecule has 0 fully saturated rings. The quantitative estimate of drug-likeness (QED) is 0.789.